The zero-order valence-electron chi connectivity index (χ0n) is 12.7. The van der Waals surface area contributed by atoms with Gasteiger partial charge in [0.2, 0.25) is 5.91 Å². The van der Waals surface area contributed by atoms with E-state index >= 15 is 0 Å². The van der Waals surface area contributed by atoms with E-state index in [1.54, 1.807) is 11.8 Å². The largest absolute Gasteiger partial charge is 0.334 e. The summed E-state index contributed by atoms with van der Waals surface area (Å²) in [6.07, 6.45) is 0. The third kappa shape index (κ3) is 3.52. The maximum atomic E-state index is 12.4. The molecule has 0 saturated carbocycles. The minimum Gasteiger partial charge on any atom is -0.334 e. The normalized spacial score (nSPS) is 21.5. The molecule has 2 aromatic rings. The van der Waals surface area contributed by atoms with Gasteiger partial charge in [-0.25, -0.2) is 0 Å². The lowest BCUT2D eigenvalue weighted by Crippen LogP contribution is -2.42. The minimum absolute atomic E-state index is 0.0121. The van der Waals surface area contributed by atoms with Crippen molar-refractivity contribution in [3.05, 3.63) is 69.7 Å². The Morgan fingerprint density at radius 2 is 1.83 bits per heavy atom. The standard InChI is InChI=1S/C18H17Cl2NOS/c1-2-21-16(22)11-23-18(13-4-3-5-15(20)10-13)17(21)12-6-8-14(19)9-7-12/h3-10,17-18H,2,11H2,1H3. The Balaban J connectivity index is 2.05. The van der Waals surface area contributed by atoms with Crippen molar-refractivity contribution in [1.29, 1.82) is 0 Å². The number of rotatable bonds is 3. The van der Waals surface area contributed by atoms with Crippen LogP contribution in [0.2, 0.25) is 10.0 Å². The van der Waals surface area contributed by atoms with E-state index in [1.165, 1.54) is 0 Å². The van der Waals surface area contributed by atoms with Gasteiger partial charge >= 0.3 is 0 Å². The topological polar surface area (TPSA) is 20.3 Å². The van der Waals surface area contributed by atoms with Crippen molar-refractivity contribution in [2.45, 2.75) is 18.2 Å². The first kappa shape index (κ1) is 16.7. The van der Waals surface area contributed by atoms with Crippen molar-refractivity contribution in [3.8, 4) is 0 Å². The molecule has 1 saturated heterocycles. The second-order valence-corrected chi connectivity index (χ2v) is 7.47. The smallest absolute Gasteiger partial charge is 0.233 e. The van der Waals surface area contributed by atoms with E-state index in [0.29, 0.717) is 17.3 Å². The van der Waals surface area contributed by atoms with Crippen LogP contribution in [0.25, 0.3) is 0 Å². The van der Waals surface area contributed by atoms with Gasteiger partial charge in [-0.1, -0.05) is 47.5 Å². The second kappa shape index (κ2) is 7.16. The first-order chi connectivity index (χ1) is 11.1. The fourth-order valence-corrected chi connectivity index (χ4v) is 4.64. The lowest BCUT2D eigenvalue weighted by Gasteiger charge is -2.41. The maximum Gasteiger partial charge on any atom is 0.233 e. The molecule has 23 heavy (non-hydrogen) atoms. The molecule has 1 aliphatic heterocycles. The van der Waals surface area contributed by atoms with Crippen molar-refractivity contribution in [3.63, 3.8) is 0 Å². The van der Waals surface area contributed by atoms with Crippen LogP contribution in [-0.4, -0.2) is 23.1 Å². The number of thioether (sulfide) groups is 1. The molecular weight excluding hydrogens is 349 g/mol. The molecule has 3 rings (SSSR count). The van der Waals surface area contributed by atoms with Gasteiger partial charge in [0.1, 0.15) is 0 Å². The van der Waals surface area contributed by atoms with Crippen molar-refractivity contribution >= 4 is 40.9 Å². The molecule has 2 unspecified atom stereocenters. The molecule has 0 radical (unpaired) electrons. The Morgan fingerprint density at radius 3 is 2.48 bits per heavy atom. The van der Waals surface area contributed by atoms with Crippen molar-refractivity contribution in [2.75, 3.05) is 12.3 Å². The number of carbonyl (C=O) groups excluding carboxylic acids is 1. The quantitative estimate of drug-likeness (QED) is 0.728. The van der Waals surface area contributed by atoms with E-state index < -0.39 is 0 Å². The van der Waals surface area contributed by atoms with Crippen LogP contribution in [0.3, 0.4) is 0 Å². The summed E-state index contributed by atoms with van der Waals surface area (Å²) in [6, 6.07) is 15.7. The van der Waals surface area contributed by atoms with Gasteiger partial charge < -0.3 is 4.90 Å². The first-order valence-corrected chi connectivity index (χ1v) is 9.32. The van der Waals surface area contributed by atoms with Crippen LogP contribution in [0.5, 0.6) is 0 Å². The van der Waals surface area contributed by atoms with E-state index in [9.17, 15) is 4.79 Å². The van der Waals surface area contributed by atoms with Crippen LogP contribution in [-0.2, 0) is 4.79 Å². The number of likely N-dealkylation sites (N-methyl/N-ethyl adjacent to an activating group) is 1. The summed E-state index contributed by atoms with van der Waals surface area (Å²) in [7, 11) is 0. The molecule has 2 nitrogen and oxygen atoms in total. The van der Waals surface area contributed by atoms with Crippen LogP contribution >= 0.6 is 35.0 Å². The fraction of sp³-hybridized carbons (Fsp3) is 0.278. The molecule has 0 aromatic heterocycles. The summed E-state index contributed by atoms with van der Waals surface area (Å²) in [5.74, 6) is 0.672. The summed E-state index contributed by atoms with van der Waals surface area (Å²) in [6.45, 7) is 2.70. The summed E-state index contributed by atoms with van der Waals surface area (Å²) >= 11 is 13.9. The number of hydrogen-bond donors (Lipinski definition) is 0. The van der Waals surface area contributed by atoms with Crippen LogP contribution < -0.4 is 0 Å². The molecular formula is C18H17Cl2NOS. The number of halogens is 2. The summed E-state index contributed by atoms with van der Waals surface area (Å²) in [5, 5.41) is 1.58. The van der Waals surface area contributed by atoms with Crippen LogP contribution in [0.1, 0.15) is 29.3 Å². The zero-order valence-corrected chi connectivity index (χ0v) is 15.0. The molecule has 1 aliphatic rings. The monoisotopic (exact) mass is 365 g/mol. The number of hydrogen-bond acceptors (Lipinski definition) is 2. The van der Waals surface area contributed by atoms with Gasteiger partial charge in [-0.05, 0) is 42.3 Å². The predicted molar refractivity (Wildman–Crippen MR) is 98.2 cm³/mol. The van der Waals surface area contributed by atoms with E-state index in [0.717, 1.165) is 16.1 Å². The lowest BCUT2D eigenvalue weighted by atomic mass is 9.96. The Bertz CT molecular complexity index is 704. The van der Waals surface area contributed by atoms with Gasteiger partial charge in [0.05, 0.1) is 17.0 Å². The van der Waals surface area contributed by atoms with Crippen LogP contribution in [0, 0.1) is 0 Å². The highest BCUT2D eigenvalue weighted by molar-refractivity contribution is 8.00. The SMILES string of the molecule is CCN1C(=O)CSC(c2cccc(Cl)c2)C1c1ccc(Cl)cc1. The molecule has 1 amide bonds. The zero-order chi connectivity index (χ0) is 16.4. The molecule has 0 aliphatic carbocycles. The fourth-order valence-electron chi connectivity index (χ4n) is 3.00. The molecule has 0 bridgehead atoms. The molecule has 1 heterocycles. The minimum atomic E-state index is -0.0121. The molecule has 0 spiro atoms. The van der Waals surface area contributed by atoms with Crippen LogP contribution in [0.4, 0.5) is 0 Å². The van der Waals surface area contributed by atoms with Gasteiger partial charge in [-0.3, -0.25) is 4.79 Å². The van der Waals surface area contributed by atoms with E-state index in [2.05, 4.69) is 6.07 Å². The van der Waals surface area contributed by atoms with Gasteiger partial charge in [-0.15, -0.1) is 11.8 Å². The number of benzene rings is 2. The van der Waals surface area contributed by atoms with E-state index in [1.807, 2.05) is 54.3 Å². The van der Waals surface area contributed by atoms with Crippen LogP contribution in [0.15, 0.2) is 48.5 Å². The Morgan fingerprint density at radius 1 is 1.09 bits per heavy atom. The Kier molecular flexibility index (Phi) is 5.20. The highest BCUT2D eigenvalue weighted by Crippen LogP contribution is 2.47. The molecule has 5 heteroatoms. The average molecular weight is 366 g/mol. The first-order valence-electron chi connectivity index (χ1n) is 7.52. The van der Waals surface area contributed by atoms with Gasteiger partial charge in [0.15, 0.2) is 0 Å². The number of amides is 1. The van der Waals surface area contributed by atoms with Crippen molar-refractivity contribution < 1.29 is 4.79 Å². The molecule has 0 N–H and O–H groups in total. The van der Waals surface area contributed by atoms with E-state index in [-0.39, 0.29) is 17.2 Å². The Labute approximate surface area is 150 Å². The second-order valence-electron chi connectivity index (χ2n) is 5.46. The Hall–Kier alpha value is -1.16. The summed E-state index contributed by atoms with van der Waals surface area (Å²) < 4.78 is 0. The van der Waals surface area contributed by atoms with E-state index in [4.69, 9.17) is 23.2 Å². The highest BCUT2D eigenvalue weighted by atomic mass is 35.5. The third-order valence-corrected chi connectivity index (χ3v) is 5.85. The lowest BCUT2D eigenvalue weighted by molar-refractivity contribution is -0.131. The van der Waals surface area contributed by atoms with Crippen molar-refractivity contribution in [1.82, 2.24) is 4.90 Å². The van der Waals surface area contributed by atoms with Gasteiger partial charge in [0, 0.05) is 16.6 Å². The highest BCUT2D eigenvalue weighted by Gasteiger charge is 2.37. The molecule has 120 valence electrons. The van der Waals surface area contributed by atoms with Gasteiger partial charge in [-0.2, -0.15) is 0 Å². The molecule has 2 aromatic carbocycles. The summed E-state index contributed by atoms with van der Waals surface area (Å²) in [5.41, 5.74) is 2.25. The predicted octanol–water partition coefficient (Wildman–Crippen LogP) is 5.37. The molecule has 1 fully saturated rings. The molecule has 2 atom stereocenters. The van der Waals surface area contributed by atoms with Gasteiger partial charge in [0.25, 0.3) is 0 Å². The maximum absolute atomic E-state index is 12.4. The van der Waals surface area contributed by atoms with Crippen molar-refractivity contribution in [2.24, 2.45) is 0 Å². The summed E-state index contributed by atoms with van der Waals surface area (Å²) in [4.78, 5) is 14.3. The number of nitrogens with zero attached hydrogens (tertiary/aromatic N) is 1. The third-order valence-electron chi connectivity index (χ3n) is 4.06. The average Bonchev–Trinajstić information content (AvgIpc) is 2.55. The number of carbonyl (C=O) groups is 1.